The molecule has 0 fully saturated rings. The third-order valence-electron chi connectivity index (χ3n) is 8.37. The Bertz CT molecular complexity index is 1590. The number of ether oxygens (including phenoxy) is 6. The van der Waals surface area contributed by atoms with Gasteiger partial charge in [-0.1, -0.05) is 42.3 Å². The number of nitrogens with zero attached hydrogens (tertiary/aromatic N) is 1. The Morgan fingerprint density at radius 1 is 0.768 bits per heavy atom. The molecule has 16 nitrogen and oxygen atoms in total. The summed E-state index contributed by atoms with van der Waals surface area (Å²) >= 11 is 12.8. The lowest BCUT2D eigenvalue weighted by Crippen LogP contribution is -2.50. The third-order valence-corrected chi connectivity index (χ3v) is 10.4. The number of fused-ring (bicyclic) bond motifs is 1. The molecule has 56 heavy (non-hydrogen) atoms. The first kappa shape index (κ1) is 47.9. The highest BCUT2D eigenvalue weighted by Gasteiger charge is 2.30. The minimum atomic E-state index is -3.79. The number of carbonyl (C=O) groups excluding carboxylic acids is 2. The molecule has 0 saturated carbocycles. The standard InChI is InChI=1S/C37H56Cl2N4O12S/c1-3-10-50-14-18-54-19-15-51-11-7-40-36(46)34(44)35(45)37(47)41-8-12-52-16-20-55-21-17-53-13-9-42-56(48,49)29-6-4-5-27(22-29)31-25-43(2)26-32-30(31)23-28(38)24-33(32)39/h4-6,22-24,31,34-35,42,44-45H,3,7-21,25-26H2,1-2H3,(H,40,46)(H,41,47). The number of benzene rings is 2. The molecule has 1 aliphatic heterocycles. The monoisotopic (exact) mass is 850 g/mol. The molecule has 3 unspecified atom stereocenters. The second kappa shape index (κ2) is 26.5. The molecule has 3 rings (SSSR count). The average molecular weight is 852 g/mol. The summed E-state index contributed by atoms with van der Waals surface area (Å²) in [6.07, 6.45) is -2.97. The number of aliphatic hydroxyl groups is 2. The van der Waals surface area contributed by atoms with Gasteiger partial charge < -0.3 is 54.2 Å². The van der Waals surface area contributed by atoms with E-state index in [-0.39, 0.29) is 76.7 Å². The maximum Gasteiger partial charge on any atom is 0.252 e. The maximum atomic E-state index is 13.1. The quantitative estimate of drug-likeness (QED) is 0.0735. The lowest BCUT2D eigenvalue weighted by Gasteiger charge is -2.33. The minimum absolute atomic E-state index is 0.0316. The summed E-state index contributed by atoms with van der Waals surface area (Å²) in [5, 5.41) is 25.9. The van der Waals surface area contributed by atoms with Crippen molar-refractivity contribution in [2.45, 2.75) is 42.9 Å². The van der Waals surface area contributed by atoms with Gasteiger partial charge in [0, 0.05) is 55.3 Å². The predicted molar refractivity (Wildman–Crippen MR) is 210 cm³/mol. The van der Waals surface area contributed by atoms with Gasteiger partial charge in [-0.05, 0) is 54.4 Å². The summed E-state index contributed by atoms with van der Waals surface area (Å²) in [5.74, 6) is -1.93. The van der Waals surface area contributed by atoms with Crippen LogP contribution in [-0.4, -0.2) is 160 Å². The molecule has 2 aromatic carbocycles. The van der Waals surface area contributed by atoms with Gasteiger partial charge in [-0.15, -0.1) is 0 Å². The number of hydrogen-bond donors (Lipinski definition) is 5. The van der Waals surface area contributed by atoms with Gasteiger partial charge in [-0.2, -0.15) is 0 Å². The van der Waals surface area contributed by atoms with Crippen LogP contribution in [0.4, 0.5) is 0 Å². The largest absolute Gasteiger partial charge is 0.380 e. The van der Waals surface area contributed by atoms with E-state index < -0.39 is 34.0 Å². The first-order chi connectivity index (χ1) is 26.9. The lowest BCUT2D eigenvalue weighted by molar-refractivity contribution is -0.146. The van der Waals surface area contributed by atoms with Crippen LogP contribution >= 0.6 is 23.2 Å². The summed E-state index contributed by atoms with van der Waals surface area (Å²) in [5.41, 5.74) is 2.82. The van der Waals surface area contributed by atoms with Crippen molar-refractivity contribution in [3.8, 4) is 0 Å². The number of rotatable bonds is 29. The molecule has 0 saturated heterocycles. The Balaban J connectivity index is 1.19. The lowest BCUT2D eigenvalue weighted by atomic mass is 9.85. The Labute approximate surface area is 339 Å². The molecule has 0 aliphatic carbocycles. The molecule has 3 atom stereocenters. The second-order valence-corrected chi connectivity index (χ2v) is 15.4. The maximum absolute atomic E-state index is 13.1. The van der Waals surface area contributed by atoms with E-state index in [1.807, 2.05) is 26.1 Å². The highest BCUT2D eigenvalue weighted by Crippen LogP contribution is 2.38. The van der Waals surface area contributed by atoms with Crippen molar-refractivity contribution in [1.29, 1.82) is 0 Å². The van der Waals surface area contributed by atoms with E-state index >= 15 is 0 Å². The van der Waals surface area contributed by atoms with Crippen molar-refractivity contribution >= 4 is 45.0 Å². The van der Waals surface area contributed by atoms with Crippen molar-refractivity contribution in [2.24, 2.45) is 0 Å². The van der Waals surface area contributed by atoms with Gasteiger partial charge in [-0.3, -0.25) is 9.59 Å². The van der Waals surface area contributed by atoms with Gasteiger partial charge in [-0.25, -0.2) is 13.1 Å². The Kier molecular flexibility index (Phi) is 22.7. The smallest absolute Gasteiger partial charge is 0.252 e. The molecule has 19 heteroatoms. The van der Waals surface area contributed by atoms with Gasteiger partial charge >= 0.3 is 0 Å². The van der Waals surface area contributed by atoms with E-state index in [0.29, 0.717) is 56.2 Å². The van der Waals surface area contributed by atoms with E-state index in [9.17, 15) is 28.2 Å². The first-order valence-corrected chi connectivity index (χ1v) is 20.8. The molecule has 2 aromatic rings. The zero-order valence-corrected chi connectivity index (χ0v) is 34.3. The highest BCUT2D eigenvalue weighted by molar-refractivity contribution is 7.89. The molecule has 316 valence electrons. The van der Waals surface area contributed by atoms with Crippen LogP contribution in [0.1, 0.15) is 36.0 Å². The number of hydrogen-bond acceptors (Lipinski definition) is 13. The number of nitrogens with one attached hydrogen (secondary N) is 3. The van der Waals surface area contributed by atoms with Crippen LogP contribution in [0.2, 0.25) is 10.0 Å². The predicted octanol–water partition coefficient (Wildman–Crippen LogP) is 1.31. The Morgan fingerprint density at radius 2 is 1.27 bits per heavy atom. The molecule has 0 aromatic heterocycles. The SMILES string of the molecule is CCCOCCOCCOCCNC(=O)C(O)C(O)C(=O)NCCOCCOCCOCCNS(=O)(=O)c1cccc(C2CN(C)Cc3c(Cl)cc(Cl)cc32)c1. The van der Waals surface area contributed by atoms with E-state index in [1.54, 1.807) is 24.3 Å². The number of amides is 2. The third kappa shape index (κ3) is 17.2. The summed E-state index contributed by atoms with van der Waals surface area (Å²) < 4.78 is 61.0. The van der Waals surface area contributed by atoms with Crippen LogP contribution < -0.4 is 15.4 Å². The highest BCUT2D eigenvalue weighted by atomic mass is 35.5. The first-order valence-electron chi connectivity index (χ1n) is 18.6. The van der Waals surface area contributed by atoms with Crippen molar-refractivity contribution in [2.75, 3.05) is 113 Å². The van der Waals surface area contributed by atoms with Crippen molar-refractivity contribution < 1.29 is 56.6 Å². The number of aliphatic hydroxyl groups excluding tert-OH is 2. The van der Waals surface area contributed by atoms with Crippen LogP contribution in [0.5, 0.6) is 0 Å². The van der Waals surface area contributed by atoms with E-state index in [2.05, 4.69) is 20.3 Å². The fourth-order valence-electron chi connectivity index (χ4n) is 5.58. The molecule has 5 N–H and O–H groups in total. The molecular formula is C37H56Cl2N4O12S. The van der Waals surface area contributed by atoms with Gasteiger partial charge in [0.2, 0.25) is 10.0 Å². The van der Waals surface area contributed by atoms with Crippen molar-refractivity contribution in [3.63, 3.8) is 0 Å². The van der Waals surface area contributed by atoms with E-state index in [1.165, 1.54) is 0 Å². The van der Waals surface area contributed by atoms with Gasteiger partial charge in [0.05, 0.1) is 77.6 Å². The van der Waals surface area contributed by atoms with Gasteiger partial charge in [0.25, 0.3) is 11.8 Å². The number of carbonyl (C=O) groups is 2. The number of halogens is 2. The zero-order chi connectivity index (χ0) is 40.8. The van der Waals surface area contributed by atoms with Crippen LogP contribution in [0.3, 0.4) is 0 Å². The summed E-state index contributed by atoms with van der Waals surface area (Å²) in [7, 11) is -1.80. The molecular weight excluding hydrogens is 795 g/mol. The van der Waals surface area contributed by atoms with Gasteiger partial charge in [0.1, 0.15) is 0 Å². The van der Waals surface area contributed by atoms with Crippen LogP contribution in [0.25, 0.3) is 0 Å². The Hall–Kier alpha value is -2.49. The molecule has 0 bridgehead atoms. The topological polar surface area (TPSA) is 203 Å². The van der Waals surface area contributed by atoms with Gasteiger partial charge in [0.15, 0.2) is 12.2 Å². The number of likely N-dealkylation sites (N-methyl/N-ethyl adjacent to an activating group) is 1. The average Bonchev–Trinajstić information content (AvgIpc) is 3.18. The fraction of sp³-hybridized carbons (Fsp3) is 0.622. The molecule has 2 amide bonds. The summed E-state index contributed by atoms with van der Waals surface area (Å²) in [6.45, 7) is 7.26. The normalized spacial score (nSPS) is 15.6. The zero-order valence-electron chi connectivity index (χ0n) is 32.0. The fourth-order valence-corrected chi connectivity index (χ4v) is 7.21. The summed E-state index contributed by atoms with van der Waals surface area (Å²) in [4.78, 5) is 26.4. The number of sulfonamides is 1. The van der Waals surface area contributed by atoms with Crippen molar-refractivity contribution in [1.82, 2.24) is 20.3 Å². The Morgan fingerprint density at radius 3 is 1.80 bits per heavy atom. The minimum Gasteiger partial charge on any atom is -0.380 e. The molecule has 1 heterocycles. The second-order valence-electron chi connectivity index (χ2n) is 12.8. The summed E-state index contributed by atoms with van der Waals surface area (Å²) in [6, 6.07) is 10.5. The van der Waals surface area contributed by atoms with Crippen LogP contribution in [0.15, 0.2) is 41.3 Å². The molecule has 0 spiro atoms. The molecule has 1 aliphatic rings. The molecule has 0 radical (unpaired) electrons. The van der Waals surface area contributed by atoms with Crippen LogP contribution in [-0.2, 0) is 54.6 Å². The van der Waals surface area contributed by atoms with E-state index in [4.69, 9.17) is 51.6 Å². The van der Waals surface area contributed by atoms with Crippen molar-refractivity contribution in [3.05, 3.63) is 63.1 Å². The van der Waals surface area contributed by atoms with Crippen LogP contribution in [0, 0.1) is 0 Å². The van der Waals surface area contributed by atoms with E-state index in [0.717, 1.165) is 23.1 Å².